The average molecular weight is 411 g/mol. The maximum absolute atomic E-state index is 13.1. The second-order valence-electron chi connectivity index (χ2n) is 8.48. The molecule has 3 fully saturated rings. The van der Waals surface area contributed by atoms with Gasteiger partial charge in [-0.3, -0.25) is 4.79 Å². The molecule has 0 N–H and O–H groups in total. The van der Waals surface area contributed by atoms with Crippen LogP contribution >= 0.6 is 0 Å². The molecular formula is C20H28F3N5O. The van der Waals surface area contributed by atoms with Crippen LogP contribution in [0, 0.1) is 0 Å². The Bertz CT molecular complexity index is 731. The van der Waals surface area contributed by atoms with E-state index in [9.17, 15) is 18.0 Å². The number of halogens is 3. The van der Waals surface area contributed by atoms with Crippen LogP contribution in [0.25, 0.3) is 0 Å². The van der Waals surface area contributed by atoms with E-state index in [4.69, 9.17) is 0 Å². The normalized spacial score (nSPS) is 24.8. The molecule has 0 aromatic carbocycles. The number of likely N-dealkylation sites (tertiary alicyclic amines) is 2. The highest BCUT2D eigenvalue weighted by Crippen LogP contribution is 2.37. The van der Waals surface area contributed by atoms with Gasteiger partial charge in [0.15, 0.2) is 0 Å². The predicted octanol–water partition coefficient (Wildman–Crippen LogP) is 2.94. The first-order valence-electron chi connectivity index (χ1n) is 10.5. The van der Waals surface area contributed by atoms with Crippen molar-refractivity contribution in [3.05, 3.63) is 18.1 Å². The highest BCUT2D eigenvalue weighted by molar-refractivity contribution is 5.76. The lowest BCUT2D eigenvalue weighted by Gasteiger charge is -2.42. The molecule has 3 aliphatic rings. The summed E-state index contributed by atoms with van der Waals surface area (Å²) in [6.45, 7) is 2.66. The lowest BCUT2D eigenvalue weighted by molar-refractivity contribution is -0.141. The summed E-state index contributed by atoms with van der Waals surface area (Å²) in [5, 5.41) is 0. The number of piperidine rings is 2. The first kappa shape index (κ1) is 20.4. The number of hydrogen-bond donors (Lipinski definition) is 0. The fraction of sp³-hybridized carbons (Fsp3) is 0.750. The summed E-state index contributed by atoms with van der Waals surface area (Å²) in [5.41, 5.74) is -0.879. The molecule has 1 aromatic heterocycles. The van der Waals surface area contributed by atoms with Crippen molar-refractivity contribution in [2.45, 2.75) is 69.2 Å². The fourth-order valence-corrected chi connectivity index (χ4v) is 4.62. The van der Waals surface area contributed by atoms with Crippen LogP contribution in [0.2, 0.25) is 0 Å². The molecule has 0 radical (unpaired) electrons. The van der Waals surface area contributed by atoms with Crippen molar-refractivity contribution in [3.8, 4) is 0 Å². The Morgan fingerprint density at radius 2 is 1.79 bits per heavy atom. The van der Waals surface area contributed by atoms with Crippen LogP contribution in [0.15, 0.2) is 12.4 Å². The van der Waals surface area contributed by atoms with Gasteiger partial charge in [-0.25, -0.2) is 9.97 Å². The Labute approximate surface area is 169 Å². The molecule has 1 saturated carbocycles. The standard InChI is InChI=1S/C20H28F3N5O/c1-26-16(3-2-4-19(26)29)12-27-9-7-15(8-10-27)28(14-5-6-14)18-11-17(20(21,22)23)24-13-25-18/h11,13-16H,2-10,12H2,1H3. The van der Waals surface area contributed by atoms with E-state index in [0.717, 1.165) is 70.6 Å². The van der Waals surface area contributed by atoms with Gasteiger partial charge in [0, 0.05) is 57.3 Å². The van der Waals surface area contributed by atoms with E-state index < -0.39 is 11.9 Å². The Hall–Kier alpha value is -1.90. The van der Waals surface area contributed by atoms with E-state index in [1.807, 2.05) is 11.9 Å². The van der Waals surface area contributed by atoms with Crippen LogP contribution in [0.1, 0.15) is 50.6 Å². The summed E-state index contributed by atoms with van der Waals surface area (Å²) in [4.78, 5) is 25.9. The van der Waals surface area contributed by atoms with E-state index >= 15 is 0 Å². The van der Waals surface area contributed by atoms with E-state index in [0.29, 0.717) is 12.2 Å². The molecule has 2 saturated heterocycles. The van der Waals surface area contributed by atoms with Crippen LogP contribution in [0.5, 0.6) is 0 Å². The van der Waals surface area contributed by atoms with Crippen LogP contribution in [-0.4, -0.2) is 70.5 Å². The fourth-order valence-electron chi connectivity index (χ4n) is 4.62. The number of nitrogens with zero attached hydrogens (tertiary/aromatic N) is 5. The highest BCUT2D eigenvalue weighted by atomic mass is 19.4. The molecule has 2 aliphatic heterocycles. The van der Waals surface area contributed by atoms with Crippen LogP contribution in [-0.2, 0) is 11.0 Å². The van der Waals surface area contributed by atoms with Gasteiger partial charge in [-0.1, -0.05) is 0 Å². The molecule has 0 bridgehead atoms. The van der Waals surface area contributed by atoms with Crippen molar-refractivity contribution in [2.24, 2.45) is 0 Å². The average Bonchev–Trinajstić information content (AvgIpc) is 3.52. The van der Waals surface area contributed by atoms with Crippen LogP contribution in [0.3, 0.4) is 0 Å². The van der Waals surface area contributed by atoms with Gasteiger partial charge in [-0.15, -0.1) is 0 Å². The summed E-state index contributed by atoms with van der Waals surface area (Å²) in [6.07, 6.45) is 2.99. The Balaban J connectivity index is 1.39. The van der Waals surface area contributed by atoms with Crippen molar-refractivity contribution in [3.63, 3.8) is 0 Å². The molecule has 1 amide bonds. The number of rotatable bonds is 5. The summed E-state index contributed by atoms with van der Waals surface area (Å²) in [7, 11) is 1.89. The smallest absolute Gasteiger partial charge is 0.350 e. The Morgan fingerprint density at radius 1 is 1.10 bits per heavy atom. The number of carbonyl (C=O) groups excluding carboxylic acids is 1. The lowest BCUT2D eigenvalue weighted by atomic mass is 9.98. The minimum Gasteiger partial charge on any atom is -0.350 e. The third-order valence-electron chi connectivity index (χ3n) is 6.44. The van der Waals surface area contributed by atoms with Gasteiger partial charge in [0.2, 0.25) is 5.91 Å². The second-order valence-corrected chi connectivity index (χ2v) is 8.48. The molecule has 160 valence electrons. The van der Waals surface area contributed by atoms with Gasteiger partial charge in [-0.2, -0.15) is 13.2 Å². The first-order chi connectivity index (χ1) is 13.8. The van der Waals surface area contributed by atoms with Gasteiger partial charge in [0.25, 0.3) is 0 Å². The molecule has 1 aliphatic carbocycles. The monoisotopic (exact) mass is 411 g/mol. The molecule has 0 spiro atoms. The Kier molecular flexibility index (Phi) is 5.68. The maximum Gasteiger partial charge on any atom is 0.433 e. The van der Waals surface area contributed by atoms with Crippen molar-refractivity contribution in [2.75, 3.05) is 31.6 Å². The number of hydrogen-bond acceptors (Lipinski definition) is 5. The third-order valence-corrected chi connectivity index (χ3v) is 6.44. The summed E-state index contributed by atoms with van der Waals surface area (Å²) >= 11 is 0. The lowest BCUT2D eigenvalue weighted by Crippen LogP contribution is -2.51. The SMILES string of the molecule is CN1C(=O)CCCC1CN1CCC(N(c2cc(C(F)(F)F)ncn2)C2CC2)CC1. The molecular weight excluding hydrogens is 383 g/mol. The number of alkyl halides is 3. The summed E-state index contributed by atoms with van der Waals surface area (Å²) in [6, 6.07) is 1.83. The van der Waals surface area contributed by atoms with Gasteiger partial charge in [0.1, 0.15) is 17.8 Å². The minimum atomic E-state index is -4.46. The minimum absolute atomic E-state index is 0.195. The zero-order valence-electron chi connectivity index (χ0n) is 16.7. The zero-order chi connectivity index (χ0) is 20.6. The number of carbonyl (C=O) groups is 1. The molecule has 3 heterocycles. The van der Waals surface area contributed by atoms with E-state index in [-0.39, 0.29) is 24.0 Å². The van der Waals surface area contributed by atoms with Crippen molar-refractivity contribution in [1.82, 2.24) is 19.8 Å². The molecule has 9 heteroatoms. The third kappa shape index (κ3) is 4.65. The first-order valence-corrected chi connectivity index (χ1v) is 10.5. The van der Waals surface area contributed by atoms with Gasteiger partial charge >= 0.3 is 6.18 Å². The number of anilines is 1. The van der Waals surface area contributed by atoms with Crippen LogP contribution in [0.4, 0.5) is 19.0 Å². The van der Waals surface area contributed by atoms with E-state index in [1.165, 1.54) is 0 Å². The molecule has 4 rings (SSSR count). The largest absolute Gasteiger partial charge is 0.433 e. The maximum atomic E-state index is 13.1. The molecule has 29 heavy (non-hydrogen) atoms. The van der Waals surface area contributed by atoms with Crippen LogP contribution < -0.4 is 4.90 Å². The Morgan fingerprint density at radius 3 is 2.45 bits per heavy atom. The zero-order valence-corrected chi connectivity index (χ0v) is 16.7. The second kappa shape index (κ2) is 8.08. The van der Waals surface area contributed by atoms with Gasteiger partial charge in [-0.05, 0) is 38.5 Å². The number of likely N-dealkylation sites (N-methyl/N-ethyl adjacent to an activating group) is 1. The number of aromatic nitrogens is 2. The quantitative estimate of drug-likeness (QED) is 0.746. The van der Waals surface area contributed by atoms with E-state index in [1.54, 1.807) is 0 Å². The number of amides is 1. The molecule has 1 unspecified atom stereocenters. The summed E-state index contributed by atoms with van der Waals surface area (Å²) in [5.74, 6) is 0.617. The highest BCUT2D eigenvalue weighted by Gasteiger charge is 2.39. The topological polar surface area (TPSA) is 52.6 Å². The van der Waals surface area contributed by atoms with Crippen molar-refractivity contribution in [1.29, 1.82) is 0 Å². The molecule has 6 nitrogen and oxygen atoms in total. The van der Waals surface area contributed by atoms with E-state index in [2.05, 4.69) is 19.8 Å². The summed E-state index contributed by atoms with van der Waals surface area (Å²) < 4.78 is 39.2. The van der Waals surface area contributed by atoms with Gasteiger partial charge < -0.3 is 14.7 Å². The molecule has 1 atom stereocenters. The molecule has 1 aromatic rings. The van der Waals surface area contributed by atoms with Gasteiger partial charge in [0.05, 0.1) is 0 Å². The van der Waals surface area contributed by atoms with Crippen molar-refractivity contribution < 1.29 is 18.0 Å². The predicted molar refractivity (Wildman–Crippen MR) is 102 cm³/mol. The van der Waals surface area contributed by atoms with Crippen molar-refractivity contribution >= 4 is 11.7 Å².